The summed E-state index contributed by atoms with van der Waals surface area (Å²) in [5.74, 6) is 1.63. The first-order valence-corrected chi connectivity index (χ1v) is 10.0. The van der Waals surface area contributed by atoms with E-state index < -0.39 is 0 Å². The first-order chi connectivity index (χ1) is 13.6. The van der Waals surface area contributed by atoms with Crippen molar-refractivity contribution < 1.29 is 9.53 Å². The van der Waals surface area contributed by atoms with E-state index in [1.807, 2.05) is 55.5 Å². The molecule has 3 aromatic rings. The zero-order valence-electron chi connectivity index (χ0n) is 15.2. The Balaban J connectivity index is 1.51. The van der Waals surface area contributed by atoms with E-state index in [0.717, 1.165) is 22.6 Å². The zero-order chi connectivity index (χ0) is 19.8. The summed E-state index contributed by atoms with van der Waals surface area (Å²) >= 11 is 7.62. The molecule has 0 aliphatic heterocycles. The topological polar surface area (TPSA) is 79.9 Å². The van der Waals surface area contributed by atoms with E-state index in [1.54, 1.807) is 6.08 Å². The summed E-state index contributed by atoms with van der Waals surface area (Å²) in [6.07, 6.45) is 3.15. The van der Waals surface area contributed by atoms with Crippen LogP contribution in [0.3, 0.4) is 0 Å². The van der Waals surface area contributed by atoms with Gasteiger partial charge in [-0.1, -0.05) is 60.6 Å². The lowest BCUT2D eigenvalue weighted by Gasteiger charge is -2.07. The van der Waals surface area contributed by atoms with Crippen LogP contribution in [0.1, 0.15) is 18.1 Å². The van der Waals surface area contributed by atoms with Crippen LogP contribution in [0.2, 0.25) is 5.02 Å². The Morgan fingerprint density at radius 2 is 2.04 bits per heavy atom. The molecule has 1 aromatic heterocycles. The molecule has 6 nitrogen and oxygen atoms in total. The molecule has 0 atom stereocenters. The summed E-state index contributed by atoms with van der Waals surface area (Å²) < 4.78 is 5.75. The summed E-state index contributed by atoms with van der Waals surface area (Å²) in [6, 6.07) is 15.0. The van der Waals surface area contributed by atoms with Gasteiger partial charge in [0, 0.05) is 16.7 Å². The molecule has 8 heteroatoms. The molecule has 0 radical (unpaired) electrons. The molecule has 1 heterocycles. The molecule has 28 heavy (non-hydrogen) atoms. The number of thioether (sulfide) groups is 1. The molecule has 2 N–H and O–H groups in total. The Labute approximate surface area is 172 Å². The minimum Gasteiger partial charge on any atom is -0.489 e. The van der Waals surface area contributed by atoms with Gasteiger partial charge in [0.15, 0.2) is 0 Å². The molecule has 0 spiro atoms. The molecular weight excluding hydrogens is 396 g/mol. The number of hydrogen-bond acceptors (Lipinski definition) is 5. The smallest absolute Gasteiger partial charge is 0.250 e. The van der Waals surface area contributed by atoms with Crippen molar-refractivity contribution in [2.45, 2.75) is 18.7 Å². The quantitative estimate of drug-likeness (QED) is 0.408. The van der Waals surface area contributed by atoms with Crippen molar-refractivity contribution in [3.8, 4) is 5.75 Å². The lowest BCUT2D eigenvalue weighted by Crippen LogP contribution is -2.09. The number of benzene rings is 2. The van der Waals surface area contributed by atoms with Gasteiger partial charge in [-0.25, -0.2) is 5.10 Å². The van der Waals surface area contributed by atoms with Crippen molar-refractivity contribution in [1.82, 2.24) is 15.2 Å². The maximum absolute atomic E-state index is 12.0. The number of carbonyl (C=O) groups excluding carboxylic acids is 1. The number of aromatic amines is 1. The summed E-state index contributed by atoms with van der Waals surface area (Å²) in [5, 5.41) is 10.6. The zero-order valence-corrected chi connectivity index (χ0v) is 16.8. The van der Waals surface area contributed by atoms with Crippen LogP contribution in [0.4, 0.5) is 5.95 Å². The third-order valence-electron chi connectivity index (χ3n) is 3.64. The first-order valence-electron chi connectivity index (χ1n) is 8.64. The highest BCUT2D eigenvalue weighted by Crippen LogP contribution is 2.19. The Morgan fingerprint density at radius 1 is 1.25 bits per heavy atom. The summed E-state index contributed by atoms with van der Waals surface area (Å²) in [4.78, 5) is 16.1. The van der Waals surface area contributed by atoms with Crippen molar-refractivity contribution in [1.29, 1.82) is 0 Å². The third kappa shape index (κ3) is 5.87. The average Bonchev–Trinajstić information content (AvgIpc) is 3.14. The number of H-pyrrole nitrogens is 1. The van der Waals surface area contributed by atoms with E-state index >= 15 is 0 Å². The average molecular weight is 415 g/mol. The molecule has 0 fully saturated rings. The van der Waals surface area contributed by atoms with Crippen LogP contribution in [0.25, 0.3) is 6.08 Å². The molecule has 0 aliphatic carbocycles. The lowest BCUT2D eigenvalue weighted by atomic mass is 10.2. The van der Waals surface area contributed by atoms with Gasteiger partial charge in [-0.05, 0) is 35.6 Å². The first kappa shape index (κ1) is 20.0. The van der Waals surface area contributed by atoms with Crippen LogP contribution in [-0.2, 0) is 11.4 Å². The second-order valence-corrected chi connectivity index (χ2v) is 7.31. The molecule has 144 valence electrons. The fourth-order valence-corrected chi connectivity index (χ4v) is 2.99. The minimum absolute atomic E-state index is 0.289. The number of ether oxygens (including phenoxy) is 1. The van der Waals surface area contributed by atoms with Crippen molar-refractivity contribution in [2.24, 2.45) is 0 Å². The molecule has 0 bridgehead atoms. The van der Waals surface area contributed by atoms with Gasteiger partial charge in [0.1, 0.15) is 12.4 Å². The molecule has 0 saturated heterocycles. The minimum atomic E-state index is -0.289. The molecule has 3 rings (SSSR count). The summed E-state index contributed by atoms with van der Waals surface area (Å²) in [7, 11) is 0. The van der Waals surface area contributed by atoms with E-state index in [1.165, 1.54) is 17.8 Å². The highest BCUT2D eigenvalue weighted by molar-refractivity contribution is 7.99. The predicted octanol–water partition coefficient (Wildman–Crippen LogP) is 4.80. The monoisotopic (exact) mass is 414 g/mol. The normalized spacial score (nSPS) is 10.9. The molecule has 0 unspecified atom stereocenters. The summed E-state index contributed by atoms with van der Waals surface area (Å²) in [5.41, 5.74) is 1.80. The van der Waals surface area contributed by atoms with Gasteiger partial charge in [0.25, 0.3) is 5.91 Å². The third-order valence-corrected chi connectivity index (χ3v) is 4.74. The maximum Gasteiger partial charge on any atom is 0.250 e. The number of amides is 1. The predicted molar refractivity (Wildman–Crippen MR) is 113 cm³/mol. The lowest BCUT2D eigenvalue weighted by molar-refractivity contribution is -0.111. The van der Waals surface area contributed by atoms with E-state index in [4.69, 9.17) is 16.3 Å². The Kier molecular flexibility index (Phi) is 7.11. The Bertz CT molecular complexity index is 957. The van der Waals surface area contributed by atoms with E-state index in [0.29, 0.717) is 22.7 Å². The molecular formula is C20H19ClN4O2S. The number of anilines is 1. The SMILES string of the molecule is CCSc1n[nH]c(NC(=O)/C=C/c2ccc(OCc3ccccc3Cl)cc2)n1. The van der Waals surface area contributed by atoms with Crippen LogP contribution < -0.4 is 10.1 Å². The van der Waals surface area contributed by atoms with E-state index in [-0.39, 0.29) is 5.91 Å². The standard InChI is InChI=1S/C20H19ClN4O2S/c1-2-28-20-23-19(24-25-20)22-18(26)12-9-14-7-10-16(11-8-14)27-13-15-5-3-4-6-17(15)21/h3-12H,2,13H2,1H3,(H2,22,23,24,25,26)/b12-9+. The van der Waals surface area contributed by atoms with Crippen molar-refractivity contribution in [3.05, 3.63) is 70.8 Å². The molecule has 0 saturated carbocycles. The fourth-order valence-electron chi connectivity index (χ4n) is 2.28. The second kappa shape index (κ2) is 9.96. The highest BCUT2D eigenvalue weighted by Gasteiger charge is 2.05. The second-order valence-electron chi connectivity index (χ2n) is 5.67. The molecule has 1 amide bonds. The van der Waals surface area contributed by atoms with Gasteiger partial charge >= 0.3 is 0 Å². The largest absolute Gasteiger partial charge is 0.489 e. The maximum atomic E-state index is 12.0. The molecule has 2 aromatic carbocycles. The van der Waals surface area contributed by atoms with Gasteiger partial charge in [-0.3, -0.25) is 10.1 Å². The van der Waals surface area contributed by atoms with Crippen molar-refractivity contribution in [2.75, 3.05) is 11.1 Å². The number of rotatable bonds is 8. The number of halogens is 1. The van der Waals surface area contributed by atoms with Gasteiger partial charge in [-0.2, -0.15) is 4.98 Å². The van der Waals surface area contributed by atoms with Gasteiger partial charge in [-0.15, -0.1) is 5.10 Å². The van der Waals surface area contributed by atoms with Crippen LogP contribution in [0.5, 0.6) is 5.75 Å². The van der Waals surface area contributed by atoms with E-state index in [2.05, 4.69) is 20.5 Å². The number of aromatic nitrogens is 3. The van der Waals surface area contributed by atoms with Gasteiger partial charge in [0.05, 0.1) is 0 Å². The Morgan fingerprint density at radius 3 is 2.79 bits per heavy atom. The number of hydrogen-bond donors (Lipinski definition) is 2. The number of carbonyl (C=O) groups is 1. The van der Waals surface area contributed by atoms with Crippen molar-refractivity contribution in [3.63, 3.8) is 0 Å². The Hall–Kier alpha value is -2.77. The van der Waals surface area contributed by atoms with Gasteiger partial charge in [0.2, 0.25) is 11.1 Å². The van der Waals surface area contributed by atoms with Crippen LogP contribution in [0, 0.1) is 0 Å². The van der Waals surface area contributed by atoms with Crippen molar-refractivity contribution >= 4 is 41.3 Å². The summed E-state index contributed by atoms with van der Waals surface area (Å²) in [6.45, 7) is 2.40. The van der Waals surface area contributed by atoms with Crippen LogP contribution >= 0.6 is 23.4 Å². The molecule has 0 aliphatic rings. The van der Waals surface area contributed by atoms with Gasteiger partial charge < -0.3 is 4.74 Å². The number of nitrogens with zero attached hydrogens (tertiary/aromatic N) is 2. The number of nitrogens with one attached hydrogen (secondary N) is 2. The highest BCUT2D eigenvalue weighted by atomic mass is 35.5. The fraction of sp³-hybridized carbons (Fsp3) is 0.150. The van der Waals surface area contributed by atoms with E-state index in [9.17, 15) is 4.79 Å². The van der Waals surface area contributed by atoms with Crippen LogP contribution in [-0.4, -0.2) is 26.8 Å². The van der Waals surface area contributed by atoms with Crippen LogP contribution in [0.15, 0.2) is 59.8 Å².